The van der Waals surface area contributed by atoms with Crippen molar-refractivity contribution >= 4 is 28.5 Å². The third kappa shape index (κ3) is 2.22. The molecular formula is C18H23N7. The van der Waals surface area contributed by atoms with E-state index >= 15 is 0 Å². The molecule has 0 aromatic carbocycles. The third-order valence-electron chi connectivity index (χ3n) is 5.96. The van der Waals surface area contributed by atoms with Crippen molar-refractivity contribution in [2.24, 2.45) is 18.4 Å². The summed E-state index contributed by atoms with van der Waals surface area (Å²) in [5, 5.41) is 8.81. The molecule has 2 unspecified atom stereocenters. The van der Waals surface area contributed by atoms with Gasteiger partial charge in [0.1, 0.15) is 11.5 Å². The smallest absolute Gasteiger partial charge is 0.231 e. The molecule has 0 radical (unpaired) electrons. The molecule has 0 bridgehead atoms. The third-order valence-corrected chi connectivity index (χ3v) is 5.96. The van der Waals surface area contributed by atoms with Gasteiger partial charge in [0.2, 0.25) is 5.95 Å². The van der Waals surface area contributed by atoms with Gasteiger partial charge in [-0.2, -0.15) is 15.1 Å². The minimum atomic E-state index is 0.529. The van der Waals surface area contributed by atoms with E-state index in [1.54, 1.807) is 4.68 Å². The molecule has 2 atom stereocenters. The van der Waals surface area contributed by atoms with Crippen LogP contribution in [0.15, 0.2) is 18.5 Å². The van der Waals surface area contributed by atoms with E-state index in [4.69, 9.17) is 4.98 Å². The van der Waals surface area contributed by atoms with Gasteiger partial charge in [0.25, 0.3) is 0 Å². The molecule has 2 fully saturated rings. The fourth-order valence-corrected chi connectivity index (χ4v) is 4.37. The molecule has 130 valence electrons. The highest BCUT2D eigenvalue weighted by Crippen LogP contribution is 2.60. The number of nitrogens with zero attached hydrogens (tertiary/aromatic N) is 5. The highest BCUT2D eigenvalue weighted by atomic mass is 15.3. The van der Waals surface area contributed by atoms with Crippen LogP contribution in [0, 0.1) is 18.3 Å². The van der Waals surface area contributed by atoms with E-state index in [-0.39, 0.29) is 0 Å². The van der Waals surface area contributed by atoms with E-state index in [2.05, 4.69) is 38.3 Å². The van der Waals surface area contributed by atoms with Crippen molar-refractivity contribution in [2.45, 2.75) is 26.7 Å². The van der Waals surface area contributed by atoms with Gasteiger partial charge < -0.3 is 15.2 Å². The van der Waals surface area contributed by atoms with E-state index in [1.165, 1.54) is 12.8 Å². The topological polar surface area (TPSA) is 74.7 Å². The first-order chi connectivity index (χ1) is 12.1. The average Bonchev–Trinajstić information content (AvgIpc) is 2.95. The molecule has 7 heteroatoms. The predicted molar refractivity (Wildman–Crippen MR) is 98.2 cm³/mol. The molecule has 25 heavy (non-hydrogen) atoms. The largest absolute Gasteiger partial charge is 0.355 e. The van der Waals surface area contributed by atoms with Crippen molar-refractivity contribution in [1.82, 2.24) is 24.7 Å². The molecule has 4 heterocycles. The van der Waals surface area contributed by atoms with Crippen molar-refractivity contribution < 1.29 is 0 Å². The number of hydrogen-bond acceptors (Lipinski definition) is 5. The minimum Gasteiger partial charge on any atom is -0.355 e. The van der Waals surface area contributed by atoms with E-state index in [0.717, 1.165) is 47.2 Å². The minimum absolute atomic E-state index is 0.529. The first kappa shape index (κ1) is 14.7. The number of anilines is 3. The van der Waals surface area contributed by atoms with Crippen LogP contribution in [-0.2, 0) is 7.05 Å². The second-order valence-electron chi connectivity index (χ2n) is 7.54. The quantitative estimate of drug-likeness (QED) is 0.765. The second kappa shape index (κ2) is 4.97. The first-order valence-electron chi connectivity index (χ1n) is 8.95. The summed E-state index contributed by atoms with van der Waals surface area (Å²) in [6.45, 7) is 6.51. The van der Waals surface area contributed by atoms with Crippen LogP contribution in [0.2, 0.25) is 0 Å². The SMILES string of the molecule is CCC12CC1CN(c1nc(Nc3cn(C)nc3C)nc3[nH]ccc13)C2. The van der Waals surface area contributed by atoms with Gasteiger partial charge in [0.15, 0.2) is 0 Å². The highest BCUT2D eigenvalue weighted by Gasteiger charge is 2.58. The number of nitrogens with one attached hydrogen (secondary N) is 2. The predicted octanol–water partition coefficient (Wildman–Crippen LogP) is 2.98. The van der Waals surface area contributed by atoms with Crippen LogP contribution in [0.3, 0.4) is 0 Å². The zero-order valence-corrected chi connectivity index (χ0v) is 14.9. The Hall–Kier alpha value is -2.57. The molecule has 7 nitrogen and oxygen atoms in total. The van der Waals surface area contributed by atoms with E-state index in [9.17, 15) is 0 Å². The van der Waals surface area contributed by atoms with Gasteiger partial charge in [-0.15, -0.1) is 0 Å². The molecule has 1 saturated carbocycles. The van der Waals surface area contributed by atoms with Crippen LogP contribution in [0.1, 0.15) is 25.5 Å². The Morgan fingerprint density at radius 1 is 1.40 bits per heavy atom. The van der Waals surface area contributed by atoms with Crippen molar-refractivity contribution in [3.8, 4) is 0 Å². The summed E-state index contributed by atoms with van der Waals surface area (Å²) in [6, 6.07) is 2.08. The summed E-state index contributed by atoms with van der Waals surface area (Å²) in [5.41, 5.74) is 3.28. The van der Waals surface area contributed by atoms with Crippen molar-refractivity contribution in [3.05, 3.63) is 24.2 Å². The summed E-state index contributed by atoms with van der Waals surface area (Å²) >= 11 is 0. The van der Waals surface area contributed by atoms with Crippen LogP contribution < -0.4 is 10.2 Å². The highest BCUT2D eigenvalue weighted by molar-refractivity contribution is 5.89. The molecule has 3 aromatic heterocycles. The number of fused-ring (bicyclic) bond motifs is 2. The van der Waals surface area contributed by atoms with Gasteiger partial charge in [-0.25, -0.2) is 0 Å². The first-order valence-corrected chi connectivity index (χ1v) is 8.95. The van der Waals surface area contributed by atoms with Gasteiger partial charge in [0, 0.05) is 32.5 Å². The van der Waals surface area contributed by atoms with Crippen molar-refractivity contribution in [2.75, 3.05) is 23.3 Å². The Bertz CT molecular complexity index is 952. The van der Waals surface area contributed by atoms with E-state index < -0.39 is 0 Å². The molecule has 1 aliphatic carbocycles. The monoisotopic (exact) mass is 337 g/mol. The van der Waals surface area contributed by atoms with Crippen LogP contribution in [-0.4, -0.2) is 37.8 Å². The molecule has 3 aromatic rings. The number of aromatic nitrogens is 5. The summed E-state index contributed by atoms with van der Waals surface area (Å²) in [4.78, 5) is 15.2. The van der Waals surface area contributed by atoms with Gasteiger partial charge >= 0.3 is 0 Å². The zero-order chi connectivity index (χ0) is 17.2. The van der Waals surface area contributed by atoms with Crippen LogP contribution in [0.25, 0.3) is 11.0 Å². The number of rotatable bonds is 4. The normalized spacial score (nSPS) is 24.8. The van der Waals surface area contributed by atoms with E-state index in [1.807, 2.05) is 26.4 Å². The van der Waals surface area contributed by atoms with Crippen LogP contribution in [0.5, 0.6) is 0 Å². The fourth-order valence-electron chi connectivity index (χ4n) is 4.37. The number of H-pyrrole nitrogens is 1. The van der Waals surface area contributed by atoms with Gasteiger partial charge in [-0.1, -0.05) is 6.92 Å². The molecule has 2 N–H and O–H groups in total. The molecule has 2 aliphatic rings. The number of aryl methyl sites for hydroxylation is 2. The Labute approximate surface area is 146 Å². The van der Waals surface area contributed by atoms with Gasteiger partial charge in [-0.3, -0.25) is 4.68 Å². The Morgan fingerprint density at radius 2 is 2.28 bits per heavy atom. The lowest BCUT2D eigenvalue weighted by Crippen LogP contribution is -2.26. The lowest BCUT2D eigenvalue weighted by molar-refractivity contribution is 0.509. The lowest BCUT2D eigenvalue weighted by Gasteiger charge is -2.22. The van der Waals surface area contributed by atoms with Crippen LogP contribution in [0.4, 0.5) is 17.5 Å². The van der Waals surface area contributed by atoms with Crippen molar-refractivity contribution in [3.63, 3.8) is 0 Å². The number of aromatic amines is 1. The molecule has 0 amide bonds. The maximum Gasteiger partial charge on any atom is 0.231 e. The average molecular weight is 337 g/mol. The van der Waals surface area contributed by atoms with Gasteiger partial charge in [0.05, 0.1) is 16.8 Å². The second-order valence-corrected chi connectivity index (χ2v) is 7.54. The summed E-state index contributed by atoms with van der Waals surface area (Å²) in [6.07, 6.45) is 6.53. The maximum absolute atomic E-state index is 4.87. The maximum atomic E-state index is 4.87. The molecule has 0 spiro atoms. The van der Waals surface area contributed by atoms with Crippen LogP contribution >= 0.6 is 0 Å². The number of hydrogen-bond donors (Lipinski definition) is 2. The Balaban J connectivity index is 1.52. The Morgan fingerprint density at radius 3 is 3.00 bits per heavy atom. The molecule has 1 aliphatic heterocycles. The molecule has 5 rings (SSSR count). The Kier molecular flexibility index (Phi) is 2.93. The van der Waals surface area contributed by atoms with E-state index in [0.29, 0.717) is 11.4 Å². The fraction of sp³-hybridized carbons (Fsp3) is 0.500. The molecular weight excluding hydrogens is 314 g/mol. The zero-order valence-electron chi connectivity index (χ0n) is 14.9. The summed E-state index contributed by atoms with van der Waals surface area (Å²) in [5.74, 6) is 2.49. The van der Waals surface area contributed by atoms with Crippen molar-refractivity contribution in [1.29, 1.82) is 0 Å². The molecule has 1 saturated heterocycles. The van der Waals surface area contributed by atoms with Gasteiger partial charge in [-0.05, 0) is 37.2 Å². The lowest BCUT2D eigenvalue weighted by atomic mass is 10.0. The summed E-state index contributed by atoms with van der Waals surface area (Å²) < 4.78 is 1.80. The summed E-state index contributed by atoms with van der Waals surface area (Å²) in [7, 11) is 1.92. The standard InChI is InChI=1S/C18H23N7/c1-4-18-7-12(18)8-25(10-18)16-13-5-6-19-15(13)21-17(22-16)20-14-9-24(3)23-11(14)2/h5-6,9,12H,4,7-8,10H2,1-3H3,(H2,19,20,21,22). The number of piperidine rings is 1.